The normalized spacial score (nSPS) is 31.8. The van der Waals surface area contributed by atoms with Crippen molar-refractivity contribution >= 4 is 5.78 Å². The first-order chi connectivity index (χ1) is 8.15. The molecule has 0 spiro atoms. The molecule has 3 rings (SSSR count). The van der Waals surface area contributed by atoms with Crippen molar-refractivity contribution in [1.82, 2.24) is 5.16 Å². The molecule has 2 atom stereocenters. The zero-order valence-electron chi connectivity index (χ0n) is 10.2. The molecule has 2 aliphatic heterocycles. The molecule has 4 nitrogen and oxygen atoms in total. The van der Waals surface area contributed by atoms with E-state index >= 15 is 0 Å². The second-order valence-corrected chi connectivity index (χ2v) is 5.19. The van der Waals surface area contributed by atoms with Gasteiger partial charge in [-0.25, -0.2) is 0 Å². The van der Waals surface area contributed by atoms with Crippen LogP contribution in [0.25, 0.3) is 0 Å². The molecule has 0 radical (unpaired) electrons. The molecule has 92 valence electrons. The average molecular weight is 235 g/mol. The summed E-state index contributed by atoms with van der Waals surface area (Å²) in [5.74, 6) is 0.936. The van der Waals surface area contributed by atoms with Crippen molar-refractivity contribution in [3.05, 3.63) is 17.0 Å². The highest BCUT2D eigenvalue weighted by Crippen LogP contribution is 2.37. The average Bonchev–Trinajstić information content (AvgIpc) is 2.81. The number of hydrogen-bond donors (Lipinski definition) is 0. The number of carbonyl (C=O) groups is 1. The second-order valence-electron chi connectivity index (χ2n) is 5.19. The number of ether oxygens (including phenoxy) is 1. The molecular weight excluding hydrogens is 218 g/mol. The van der Waals surface area contributed by atoms with E-state index in [2.05, 4.69) is 5.16 Å². The van der Waals surface area contributed by atoms with Gasteiger partial charge in [0.25, 0.3) is 0 Å². The molecule has 2 fully saturated rings. The van der Waals surface area contributed by atoms with Crippen LogP contribution in [-0.2, 0) is 4.74 Å². The summed E-state index contributed by atoms with van der Waals surface area (Å²) in [5, 5.41) is 3.86. The minimum atomic E-state index is 0.0954. The van der Waals surface area contributed by atoms with Crippen LogP contribution >= 0.6 is 0 Å². The minimum absolute atomic E-state index is 0.0954. The molecule has 2 unspecified atom stereocenters. The third-order valence-corrected chi connectivity index (χ3v) is 3.94. The van der Waals surface area contributed by atoms with E-state index in [4.69, 9.17) is 9.26 Å². The number of carbonyl (C=O) groups excluding carboxylic acids is 1. The highest BCUT2D eigenvalue weighted by molar-refractivity contribution is 5.99. The SMILES string of the molecule is Cc1noc(C)c1C(=O)C1CC2CCC(C1)O2. The molecule has 0 N–H and O–H groups in total. The van der Waals surface area contributed by atoms with Crippen molar-refractivity contribution in [2.24, 2.45) is 5.92 Å². The van der Waals surface area contributed by atoms with Gasteiger partial charge in [-0.05, 0) is 39.5 Å². The lowest BCUT2D eigenvalue weighted by Crippen LogP contribution is -2.30. The Bertz CT molecular complexity index is 420. The fourth-order valence-corrected chi connectivity index (χ4v) is 3.11. The number of aryl methyl sites for hydroxylation is 2. The van der Waals surface area contributed by atoms with E-state index in [-0.39, 0.29) is 11.7 Å². The monoisotopic (exact) mass is 235 g/mol. The fraction of sp³-hybridized carbons (Fsp3) is 0.692. The first-order valence-electron chi connectivity index (χ1n) is 6.27. The first kappa shape index (κ1) is 11.0. The van der Waals surface area contributed by atoms with Gasteiger partial charge in [0.1, 0.15) is 5.76 Å². The van der Waals surface area contributed by atoms with E-state index in [0.29, 0.717) is 29.2 Å². The predicted octanol–water partition coefficient (Wildman–Crippen LogP) is 2.43. The van der Waals surface area contributed by atoms with Gasteiger partial charge in [0.05, 0.1) is 23.5 Å². The maximum atomic E-state index is 12.5. The molecule has 2 bridgehead atoms. The van der Waals surface area contributed by atoms with Crippen molar-refractivity contribution in [3.63, 3.8) is 0 Å². The van der Waals surface area contributed by atoms with Crippen molar-refractivity contribution in [1.29, 1.82) is 0 Å². The Morgan fingerprint density at radius 1 is 1.24 bits per heavy atom. The van der Waals surface area contributed by atoms with Crippen LogP contribution in [0, 0.1) is 19.8 Å². The van der Waals surface area contributed by atoms with Crippen LogP contribution < -0.4 is 0 Å². The maximum Gasteiger partial charge on any atom is 0.171 e. The van der Waals surface area contributed by atoms with Crippen molar-refractivity contribution < 1.29 is 14.1 Å². The zero-order valence-corrected chi connectivity index (χ0v) is 10.2. The third-order valence-electron chi connectivity index (χ3n) is 3.94. The molecule has 0 aliphatic carbocycles. The summed E-state index contributed by atoms with van der Waals surface area (Å²) in [7, 11) is 0. The van der Waals surface area contributed by atoms with Gasteiger partial charge >= 0.3 is 0 Å². The first-order valence-corrected chi connectivity index (χ1v) is 6.27. The Balaban J connectivity index is 1.83. The molecule has 0 aromatic carbocycles. The third kappa shape index (κ3) is 1.80. The number of rotatable bonds is 2. The van der Waals surface area contributed by atoms with Gasteiger partial charge in [0.15, 0.2) is 5.78 Å². The quantitative estimate of drug-likeness (QED) is 0.739. The van der Waals surface area contributed by atoms with Crippen LogP contribution in [0.15, 0.2) is 4.52 Å². The van der Waals surface area contributed by atoms with Gasteiger partial charge in [-0.3, -0.25) is 4.79 Å². The van der Waals surface area contributed by atoms with Crippen LogP contribution in [-0.4, -0.2) is 23.1 Å². The molecule has 3 heterocycles. The molecule has 17 heavy (non-hydrogen) atoms. The number of nitrogens with zero attached hydrogens (tertiary/aromatic N) is 1. The predicted molar refractivity (Wildman–Crippen MR) is 60.9 cm³/mol. The van der Waals surface area contributed by atoms with Gasteiger partial charge in [0.2, 0.25) is 0 Å². The van der Waals surface area contributed by atoms with Gasteiger partial charge in [-0.2, -0.15) is 0 Å². The van der Waals surface area contributed by atoms with Crippen molar-refractivity contribution in [2.45, 2.75) is 51.7 Å². The lowest BCUT2D eigenvalue weighted by Gasteiger charge is -2.27. The maximum absolute atomic E-state index is 12.5. The Morgan fingerprint density at radius 3 is 2.41 bits per heavy atom. The molecule has 0 amide bonds. The van der Waals surface area contributed by atoms with Crippen LogP contribution in [0.4, 0.5) is 0 Å². The summed E-state index contributed by atoms with van der Waals surface area (Å²) in [6, 6.07) is 0. The molecule has 4 heteroatoms. The van der Waals surface area contributed by atoms with Gasteiger partial charge < -0.3 is 9.26 Å². The highest BCUT2D eigenvalue weighted by atomic mass is 16.5. The van der Waals surface area contributed by atoms with Crippen LogP contribution in [0.5, 0.6) is 0 Å². The number of aromatic nitrogens is 1. The lowest BCUT2D eigenvalue weighted by molar-refractivity contribution is -0.0149. The fourth-order valence-electron chi connectivity index (χ4n) is 3.11. The smallest absolute Gasteiger partial charge is 0.171 e. The Kier molecular flexibility index (Phi) is 2.54. The van der Waals surface area contributed by atoms with E-state index in [1.165, 1.54) is 0 Å². The topological polar surface area (TPSA) is 52.3 Å². The van der Waals surface area contributed by atoms with Crippen LogP contribution in [0.2, 0.25) is 0 Å². The summed E-state index contributed by atoms with van der Waals surface area (Å²) < 4.78 is 10.8. The van der Waals surface area contributed by atoms with Crippen LogP contribution in [0.3, 0.4) is 0 Å². The Labute approximate surface area is 100 Å². The van der Waals surface area contributed by atoms with Crippen molar-refractivity contribution in [3.8, 4) is 0 Å². The van der Waals surface area contributed by atoms with E-state index in [1.807, 2.05) is 6.92 Å². The molecule has 1 aromatic rings. The number of hydrogen-bond acceptors (Lipinski definition) is 4. The van der Waals surface area contributed by atoms with Crippen molar-refractivity contribution in [2.75, 3.05) is 0 Å². The molecular formula is C13H17NO3. The molecule has 0 saturated carbocycles. The Morgan fingerprint density at radius 2 is 1.88 bits per heavy atom. The summed E-state index contributed by atoms with van der Waals surface area (Å²) in [6.07, 6.45) is 4.52. The summed E-state index contributed by atoms with van der Waals surface area (Å²) in [6.45, 7) is 3.64. The van der Waals surface area contributed by atoms with Gasteiger partial charge in [-0.1, -0.05) is 5.16 Å². The number of Topliss-reactive ketones (excluding diaryl/α,β-unsaturated/α-hetero) is 1. The molecule has 2 aliphatic rings. The van der Waals surface area contributed by atoms with Gasteiger partial charge in [0, 0.05) is 5.92 Å². The van der Waals surface area contributed by atoms with Gasteiger partial charge in [-0.15, -0.1) is 0 Å². The van der Waals surface area contributed by atoms with E-state index in [1.54, 1.807) is 6.92 Å². The zero-order chi connectivity index (χ0) is 12.0. The summed E-state index contributed by atoms with van der Waals surface area (Å²) >= 11 is 0. The lowest BCUT2D eigenvalue weighted by atomic mass is 9.87. The standard InChI is InChI=1S/C13H17NO3/c1-7-12(8(2)17-14-7)13(15)9-5-10-3-4-11(6-9)16-10/h9-11H,3-6H2,1-2H3. The largest absolute Gasteiger partial charge is 0.375 e. The summed E-state index contributed by atoms with van der Waals surface area (Å²) in [5.41, 5.74) is 1.41. The van der Waals surface area contributed by atoms with E-state index < -0.39 is 0 Å². The number of fused-ring (bicyclic) bond motifs is 2. The minimum Gasteiger partial charge on any atom is -0.375 e. The van der Waals surface area contributed by atoms with E-state index in [9.17, 15) is 4.79 Å². The second kappa shape index (κ2) is 3.95. The van der Waals surface area contributed by atoms with E-state index in [0.717, 1.165) is 25.7 Å². The van der Waals surface area contributed by atoms with Crippen LogP contribution in [0.1, 0.15) is 47.5 Å². The molecule has 2 saturated heterocycles. The highest BCUT2D eigenvalue weighted by Gasteiger charge is 2.39. The Hall–Kier alpha value is -1.16. The summed E-state index contributed by atoms with van der Waals surface area (Å²) in [4.78, 5) is 12.5. The number of ketones is 1. The molecule has 1 aromatic heterocycles.